The van der Waals surface area contributed by atoms with Gasteiger partial charge in [-0.05, 0) is 28.5 Å². The van der Waals surface area contributed by atoms with E-state index < -0.39 is 0 Å². The second-order valence-corrected chi connectivity index (χ2v) is 5.19. The Morgan fingerprint density at radius 2 is 1.57 bits per heavy atom. The summed E-state index contributed by atoms with van der Waals surface area (Å²) in [5.74, 6) is 0.557. The van der Waals surface area contributed by atoms with E-state index in [1.165, 1.54) is 10.8 Å². The van der Waals surface area contributed by atoms with E-state index in [0.717, 1.165) is 16.8 Å². The predicted molar refractivity (Wildman–Crippen MR) is 92.5 cm³/mol. The van der Waals surface area contributed by atoms with Gasteiger partial charge in [0.1, 0.15) is 0 Å². The van der Waals surface area contributed by atoms with Crippen LogP contribution in [0.4, 0.5) is 11.6 Å². The van der Waals surface area contributed by atoms with Crippen molar-refractivity contribution in [3.8, 4) is 11.1 Å². The molecule has 0 bridgehead atoms. The van der Waals surface area contributed by atoms with Crippen LogP contribution in [0.1, 0.15) is 0 Å². The summed E-state index contributed by atoms with van der Waals surface area (Å²) in [5, 5.41) is 5.55. The number of anilines is 2. The second kappa shape index (κ2) is 5.85. The van der Waals surface area contributed by atoms with Gasteiger partial charge in [0.05, 0.1) is 11.9 Å². The van der Waals surface area contributed by atoms with Crippen LogP contribution in [0.25, 0.3) is 21.9 Å². The van der Waals surface area contributed by atoms with Crippen LogP contribution in [-0.2, 0) is 0 Å². The van der Waals surface area contributed by atoms with Crippen molar-refractivity contribution in [3.05, 3.63) is 79.4 Å². The Morgan fingerprint density at radius 3 is 2.39 bits per heavy atom. The van der Waals surface area contributed by atoms with Gasteiger partial charge >= 0.3 is 0 Å². The number of hydrogen-bond donors (Lipinski definition) is 1. The summed E-state index contributed by atoms with van der Waals surface area (Å²) in [7, 11) is 0. The summed E-state index contributed by atoms with van der Waals surface area (Å²) >= 11 is 0. The SMILES string of the molecule is c1cncc(Nc2ncc(-c3cccc4ccccc34)cn2)c1. The number of pyridine rings is 1. The Balaban J connectivity index is 1.68. The highest BCUT2D eigenvalue weighted by Crippen LogP contribution is 2.27. The molecule has 2 aromatic heterocycles. The lowest BCUT2D eigenvalue weighted by Gasteiger charge is -2.08. The average Bonchev–Trinajstić information content (AvgIpc) is 2.63. The quantitative estimate of drug-likeness (QED) is 0.607. The van der Waals surface area contributed by atoms with E-state index in [1.54, 1.807) is 12.4 Å². The third-order valence-electron chi connectivity index (χ3n) is 3.67. The molecule has 0 radical (unpaired) electrons. The summed E-state index contributed by atoms with van der Waals surface area (Å²) in [4.78, 5) is 12.9. The first kappa shape index (κ1) is 13.4. The van der Waals surface area contributed by atoms with Gasteiger partial charge in [0.2, 0.25) is 5.95 Å². The molecule has 110 valence electrons. The first-order chi connectivity index (χ1) is 11.4. The highest BCUT2D eigenvalue weighted by molar-refractivity contribution is 5.96. The fraction of sp³-hybridized carbons (Fsp3) is 0. The van der Waals surface area contributed by atoms with Crippen LogP contribution in [0, 0.1) is 0 Å². The highest BCUT2D eigenvalue weighted by atomic mass is 15.1. The summed E-state index contributed by atoms with van der Waals surface area (Å²) in [6.45, 7) is 0. The largest absolute Gasteiger partial charge is 0.323 e. The van der Waals surface area contributed by atoms with Crippen LogP contribution in [-0.4, -0.2) is 15.0 Å². The second-order valence-electron chi connectivity index (χ2n) is 5.19. The summed E-state index contributed by atoms with van der Waals surface area (Å²) in [5.41, 5.74) is 3.00. The summed E-state index contributed by atoms with van der Waals surface area (Å²) in [6, 6.07) is 18.4. The minimum absolute atomic E-state index is 0.557. The Morgan fingerprint density at radius 1 is 0.739 bits per heavy atom. The van der Waals surface area contributed by atoms with E-state index >= 15 is 0 Å². The molecule has 1 N–H and O–H groups in total. The molecule has 0 fully saturated rings. The number of fused-ring (bicyclic) bond motifs is 1. The van der Waals surface area contributed by atoms with Crippen molar-refractivity contribution in [1.82, 2.24) is 15.0 Å². The minimum atomic E-state index is 0.557. The molecular formula is C19H14N4. The Labute approximate surface area is 133 Å². The van der Waals surface area contributed by atoms with E-state index in [4.69, 9.17) is 0 Å². The van der Waals surface area contributed by atoms with Crippen LogP contribution in [0.5, 0.6) is 0 Å². The van der Waals surface area contributed by atoms with Crippen molar-refractivity contribution < 1.29 is 0 Å². The van der Waals surface area contributed by atoms with E-state index in [0.29, 0.717) is 5.95 Å². The van der Waals surface area contributed by atoms with Crippen molar-refractivity contribution in [3.63, 3.8) is 0 Å². The van der Waals surface area contributed by atoms with Crippen LogP contribution >= 0.6 is 0 Å². The molecule has 23 heavy (non-hydrogen) atoms. The van der Waals surface area contributed by atoms with Gasteiger partial charge in [-0.1, -0.05) is 42.5 Å². The van der Waals surface area contributed by atoms with Gasteiger partial charge in [0, 0.05) is 24.2 Å². The molecule has 0 amide bonds. The van der Waals surface area contributed by atoms with Gasteiger partial charge in [0.25, 0.3) is 0 Å². The Bertz CT molecular complexity index is 929. The molecule has 0 aliphatic carbocycles. The van der Waals surface area contributed by atoms with Gasteiger partial charge in [0.15, 0.2) is 0 Å². The first-order valence-electron chi connectivity index (χ1n) is 7.37. The molecule has 0 aliphatic rings. The van der Waals surface area contributed by atoms with Crippen LogP contribution in [0.15, 0.2) is 79.4 Å². The smallest absolute Gasteiger partial charge is 0.227 e. The molecule has 0 saturated carbocycles. The molecular weight excluding hydrogens is 284 g/mol. The van der Waals surface area contributed by atoms with Gasteiger partial charge in [-0.3, -0.25) is 4.98 Å². The highest BCUT2D eigenvalue weighted by Gasteiger charge is 2.05. The fourth-order valence-corrected chi connectivity index (χ4v) is 2.57. The zero-order valence-corrected chi connectivity index (χ0v) is 12.3. The molecule has 0 atom stereocenters. The van der Waals surface area contributed by atoms with E-state index in [1.807, 2.05) is 36.7 Å². The zero-order chi connectivity index (χ0) is 15.5. The van der Waals surface area contributed by atoms with Gasteiger partial charge in [-0.15, -0.1) is 0 Å². The fourth-order valence-electron chi connectivity index (χ4n) is 2.57. The first-order valence-corrected chi connectivity index (χ1v) is 7.37. The van der Waals surface area contributed by atoms with Crippen molar-refractivity contribution in [2.45, 2.75) is 0 Å². The molecule has 0 saturated heterocycles. The number of nitrogens with one attached hydrogen (secondary N) is 1. The maximum absolute atomic E-state index is 4.41. The van der Waals surface area contributed by atoms with Crippen molar-refractivity contribution >= 4 is 22.4 Å². The standard InChI is InChI=1S/C19H14N4/c1-2-8-17-14(5-1)6-3-9-18(17)15-11-21-19(22-12-15)23-16-7-4-10-20-13-16/h1-13H,(H,21,22,23). The van der Waals surface area contributed by atoms with Crippen LogP contribution in [0.2, 0.25) is 0 Å². The molecule has 4 heteroatoms. The van der Waals surface area contributed by atoms with Crippen molar-refractivity contribution in [2.24, 2.45) is 0 Å². The normalized spacial score (nSPS) is 10.6. The maximum atomic E-state index is 4.41. The Kier molecular flexibility index (Phi) is 3.41. The molecule has 2 aromatic carbocycles. The van der Waals surface area contributed by atoms with E-state index in [9.17, 15) is 0 Å². The molecule has 4 nitrogen and oxygen atoms in total. The maximum Gasteiger partial charge on any atom is 0.227 e. The van der Waals surface area contributed by atoms with E-state index in [-0.39, 0.29) is 0 Å². The van der Waals surface area contributed by atoms with Gasteiger partial charge < -0.3 is 5.32 Å². The number of nitrogens with zero attached hydrogens (tertiary/aromatic N) is 3. The third kappa shape index (κ3) is 2.74. The predicted octanol–water partition coefficient (Wildman–Crippen LogP) is 4.44. The number of aromatic nitrogens is 3. The van der Waals surface area contributed by atoms with Gasteiger partial charge in [-0.25, -0.2) is 9.97 Å². The minimum Gasteiger partial charge on any atom is -0.323 e. The summed E-state index contributed by atoms with van der Waals surface area (Å²) < 4.78 is 0. The number of benzene rings is 2. The topological polar surface area (TPSA) is 50.7 Å². The van der Waals surface area contributed by atoms with Crippen molar-refractivity contribution in [2.75, 3.05) is 5.32 Å². The molecule has 0 spiro atoms. The molecule has 0 aliphatic heterocycles. The Hall–Kier alpha value is -3.27. The summed E-state index contributed by atoms with van der Waals surface area (Å²) in [6.07, 6.45) is 7.15. The zero-order valence-electron chi connectivity index (χ0n) is 12.3. The van der Waals surface area contributed by atoms with Crippen LogP contribution < -0.4 is 5.32 Å². The third-order valence-corrected chi connectivity index (χ3v) is 3.67. The average molecular weight is 298 g/mol. The van der Waals surface area contributed by atoms with E-state index in [2.05, 4.69) is 50.6 Å². The molecule has 2 heterocycles. The molecule has 0 unspecified atom stereocenters. The number of rotatable bonds is 3. The lowest BCUT2D eigenvalue weighted by Crippen LogP contribution is -1.97. The lowest BCUT2D eigenvalue weighted by atomic mass is 10.0. The lowest BCUT2D eigenvalue weighted by molar-refractivity contribution is 1.16. The molecule has 4 rings (SSSR count). The van der Waals surface area contributed by atoms with Crippen LogP contribution in [0.3, 0.4) is 0 Å². The van der Waals surface area contributed by atoms with Gasteiger partial charge in [-0.2, -0.15) is 0 Å². The van der Waals surface area contributed by atoms with Crippen molar-refractivity contribution in [1.29, 1.82) is 0 Å². The monoisotopic (exact) mass is 298 g/mol. The molecule has 4 aromatic rings. The number of hydrogen-bond acceptors (Lipinski definition) is 4.